The molecule has 0 aromatic carbocycles. The Morgan fingerprint density at radius 3 is 2.59 bits per heavy atom. The maximum Gasteiger partial charge on any atom is 0.178 e. The van der Waals surface area contributed by atoms with Crippen molar-refractivity contribution in [3.8, 4) is 6.07 Å². The van der Waals surface area contributed by atoms with Crippen LogP contribution in [0.3, 0.4) is 0 Å². The van der Waals surface area contributed by atoms with Gasteiger partial charge in [-0.2, -0.15) is 5.26 Å². The molecule has 46 heavy (non-hydrogen) atoms. The molecule has 8 heteroatoms. The number of nitriles is 1. The van der Waals surface area contributed by atoms with E-state index < -0.39 is 0 Å². The lowest BCUT2D eigenvalue weighted by Gasteiger charge is -2.43. The van der Waals surface area contributed by atoms with Gasteiger partial charge in [-0.05, 0) is 102 Å². The SMILES string of the molecule is CCCC[C@H]1CN(C2CCC2)Cc2c(CCC3CCCN3C)nc(C(=N)/C(CCC)=C(\C)[C@H]3CCCc4sc(N)c(C#N)c43)nc21. The molecule has 248 valence electrons. The average Bonchev–Trinajstić information content (AvgIpc) is 3.60. The fourth-order valence-electron chi connectivity index (χ4n) is 8.71. The van der Waals surface area contributed by atoms with E-state index in [1.165, 1.54) is 78.9 Å². The Kier molecular flexibility index (Phi) is 10.6. The van der Waals surface area contributed by atoms with Crippen molar-refractivity contribution in [2.24, 2.45) is 0 Å². The third-order valence-electron chi connectivity index (χ3n) is 11.6. The Balaban J connectivity index is 1.41. The number of allylic oxidation sites excluding steroid dienone is 2. The fourth-order valence-corrected chi connectivity index (χ4v) is 9.83. The van der Waals surface area contributed by atoms with Gasteiger partial charge in [0.15, 0.2) is 5.82 Å². The van der Waals surface area contributed by atoms with Crippen LogP contribution >= 0.6 is 11.3 Å². The number of aromatic nitrogens is 2. The van der Waals surface area contributed by atoms with Crippen molar-refractivity contribution in [3.63, 3.8) is 0 Å². The van der Waals surface area contributed by atoms with E-state index in [9.17, 15) is 10.7 Å². The molecule has 0 radical (unpaired) electrons. The molecule has 0 spiro atoms. The average molecular weight is 642 g/mol. The van der Waals surface area contributed by atoms with Crippen molar-refractivity contribution in [2.45, 2.75) is 148 Å². The summed E-state index contributed by atoms with van der Waals surface area (Å²) < 4.78 is 0. The summed E-state index contributed by atoms with van der Waals surface area (Å²) in [7, 11) is 2.27. The first-order chi connectivity index (χ1) is 22.3. The molecule has 3 N–H and O–H groups in total. The van der Waals surface area contributed by atoms with E-state index in [1.807, 2.05) is 0 Å². The fraction of sp³-hybridized carbons (Fsp3) is 0.684. The summed E-state index contributed by atoms with van der Waals surface area (Å²) in [6.07, 6.45) is 17.0. The van der Waals surface area contributed by atoms with E-state index in [-0.39, 0.29) is 5.92 Å². The number of nitrogen functional groups attached to an aromatic ring is 1. The molecule has 4 aliphatic rings. The lowest BCUT2D eigenvalue weighted by molar-refractivity contribution is 0.0977. The van der Waals surface area contributed by atoms with Gasteiger partial charge in [-0.3, -0.25) is 10.3 Å². The van der Waals surface area contributed by atoms with Gasteiger partial charge in [-0.1, -0.05) is 45.1 Å². The highest BCUT2D eigenvalue weighted by Gasteiger charge is 2.36. The van der Waals surface area contributed by atoms with Crippen LogP contribution in [0.5, 0.6) is 0 Å². The summed E-state index contributed by atoms with van der Waals surface area (Å²) in [5.74, 6) is 1.15. The number of fused-ring (bicyclic) bond motifs is 2. The number of likely N-dealkylation sites (tertiary alicyclic amines) is 1. The standard InChI is InChI=1S/C38H55N7S/c1-5-7-12-25-22-45(27-13-8-14-27)23-31-32(19-18-26-15-10-20-44(26)4)42-38(43-36(25)31)35(40)29(11-6-2)24(3)28-16-9-17-33-34(28)30(21-39)37(41)46-33/h25-28,40H,5-20,22-23,41H2,1-4H3/b29-24+,40-35?/t25-,26?,28+/m0/s1. The second-order valence-corrected chi connectivity index (χ2v) is 15.7. The predicted molar refractivity (Wildman–Crippen MR) is 190 cm³/mol. The van der Waals surface area contributed by atoms with Crippen LogP contribution in [0.4, 0.5) is 5.00 Å². The molecule has 1 saturated heterocycles. The molecule has 2 aromatic rings. The van der Waals surface area contributed by atoms with Crippen LogP contribution in [0.15, 0.2) is 11.1 Å². The molecule has 7 nitrogen and oxygen atoms in total. The van der Waals surface area contributed by atoms with Crippen LogP contribution in [-0.4, -0.2) is 57.7 Å². The van der Waals surface area contributed by atoms with Gasteiger partial charge in [-0.15, -0.1) is 11.3 Å². The normalized spacial score (nSPS) is 24.2. The highest BCUT2D eigenvalue weighted by molar-refractivity contribution is 7.16. The molecule has 2 fully saturated rings. The summed E-state index contributed by atoms with van der Waals surface area (Å²) in [5.41, 5.74) is 14.7. The number of unbranched alkanes of at least 4 members (excludes halogenated alkanes) is 1. The Bertz CT molecular complexity index is 1500. The van der Waals surface area contributed by atoms with Crippen LogP contribution in [0.25, 0.3) is 0 Å². The predicted octanol–water partition coefficient (Wildman–Crippen LogP) is 8.27. The maximum absolute atomic E-state index is 10.0. The molecular weight excluding hydrogens is 587 g/mol. The van der Waals surface area contributed by atoms with Crippen LogP contribution in [0.2, 0.25) is 0 Å². The number of nitrogens with two attached hydrogens (primary N) is 1. The number of thiophene rings is 1. The van der Waals surface area contributed by atoms with Gasteiger partial charge < -0.3 is 10.6 Å². The lowest BCUT2D eigenvalue weighted by Crippen LogP contribution is -2.45. The summed E-state index contributed by atoms with van der Waals surface area (Å²) in [4.78, 5) is 17.3. The maximum atomic E-state index is 10.0. The molecule has 2 aromatic heterocycles. The van der Waals surface area contributed by atoms with E-state index in [1.54, 1.807) is 11.3 Å². The molecule has 0 bridgehead atoms. The number of hydrogen-bond donors (Lipinski definition) is 2. The summed E-state index contributed by atoms with van der Waals surface area (Å²) in [6.45, 7) is 9.92. The number of rotatable bonds is 12. The van der Waals surface area contributed by atoms with Gasteiger partial charge in [0, 0.05) is 53.1 Å². The smallest absolute Gasteiger partial charge is 0.178 e. The Morgan fingerprint density at radius 2 is 1.91 bits per heavy atom. The van der Waals surface area contributed by atoms with Gasteiger partial charge >= 0.3 is 0 Å². The summed E-state index contributed by atoms with van der Waals surface area (Å²) in [5, 5.41) is 20.4. The Hall–Kier alpha value is -2.60. The van der Waals surface area contributed by atoms with Crippen molar-refractivity contribution in [1.29, 1.82) is 10.7 Å². The van der Waals surface area contributed by atoms with Crippen LogP contribution in [0, 0.1) is 16.7 Å². The quantitative estimate of drug-likeness (QED) is 0.226. The zero-order valence-electron chi connectivity index (χ0n) is 28.8. The second-order valence-electron chi connectivity index (χ2n) is 14.5. The van der Waals surface area contributed by atoms with Gasteiger partial charge in [0.05, 0.1) is 11.3 Å². The minimum absolute atomic E-state index is 0.122. The van der Waals surface area contributed by atoms with Crippen molar-refractivity contribution in [3.05, 3.63) is 49.9 Å². The number of anilines is 1. The largest absolute Gasteiger partial charge is 0.389 e. The van der Waals surface area contributed by atoms with Crippen LogP contribution in [0.1, 0.15) is 155 Å². The zero-order valence-corrected chi connectivity index (χ0v) is 29.6. The van der Waals surface area contributed by atoms with Gasteiger partial charge in [0.2, 0.25) is 0 Å². The van der Waals surface area contributed by atoms with Crippen molar-refractivity contribution in [1.82, 2.24) is 19.8 Å². The molecule has 1 unspecified atom stereocenters. The highest BCUT2D eigenvalue weighted by Crippen LogP contribution is 2.46. The number of nitrogens with one attached hydrogen (secondary N) is 1. The molecule has 2 aliphatic carbocycles. The number of hydrogen-bond acceptors (Lipinski definition) is 8. The van der Waals surface area contributed by atoms with Gasteiger partial charge in [0.25, 0.3) is 0 Å². The van der Waals surface area contributed by atoms with E-state index in [4.69, 9.17) is 15.7 Å². The van der Waals surface area contributed by atoms with Gasteiger partial charge in [0.1, 0.15) is 16.8 Å². The second kappa shape index (κ2) is 14.7. The van der Waals surface area contributed by atoms with Crippen molar-refractivity contribution < 1.29 is 0 Å². The minimum Gasteiger partial charge on any atom is -0.389 e. The minimum atomic E-state index is 0.122. The van der Waals surface area contributed by atoms with Gasteiger partial charge in [-0.25, -0.2) is 9.97 Å². The Morgan fingerprint density at radius 1 is 1.09 bits per heavy atom. The van der Waals surface area contributed by atoms with E-state index in [2.05, 4.69) is 43.7 Å². The molecule has 4 heterocycles. The molecule has 0 amide bonds. The van der Waals surface area contributed by atoms with Crippen LogP contribution < -0.4 is 5.73 Å². The first kappa shape index (κ1) is 33.3. The number of aryl methyl sites for hydroxylation is 2. The van der Waals surface area contributed by atoms with Crippen molar-refractivity contribution >= 4 is 22.0 Å². The van der Waals surface area contributed by atoms with Crippen LogP contribution in [-0.2, 0) is 19.4 Å². The molecule has 3 atom stereocenters. The highest BCUT2D eigenvalue weighted by atomic mass is 32.1. The van der Waals surface area contributed by atoms with E-state index in [0.29, 0.717) is 40.1 Å². The van der Waals surface area contributed by atoms with Crippen molar-refractivity contribution in [2.75, 3.05) is 25.9 Å². The monoisotopic (exact) mass is 641 g/mol. The molecule has 1 saturated carbocycles. The molecular formula is C38H55N7S. The Labute approximate surface area is 281 Å². The first-order valence-electron chi connectivity index (χ1n) is 18.3. The zero-order chi connectivity index (χ0) is 32.4. The topological polar surface area (TPSA) is 106 Å². The summed E-state index contributed by atoms with van der Waals surface area (Å²) >= 11 is 1.59. The lowest BCUT2D eigenvalue weighted by atomic mass is 9.78. The van der Waals surface area contributed by atoms with E-state index >= 15 is 0 Å². The molecule has 6 rings (SSSR count). The van der Waals surface area contributed by atoms with E-state index in [0.717, 1.165) is 75.6 Å². The number of nitrogens with zero attached hydrogens (tertiary/aromatic N) is 5. The summed E-state index contributed by atoms with van der Waals surface area (Å²) in [6, 6.07) is 3.74. The third kappa shape index (κ3) is 6.57. The third-order valence-corrected chi connectivity index (χ3v) is 12.7. The first-order valence-corrected chi connectivity index (χ1v) is 19.1. The molecule has 2 aliphatic heterocycles.